The van der Waals surface area contributed by atoms with Gasteiger partial charge in [-0.05, 0) is 61.1 Å². The number of carbonyl (C=O) groups excluding carboxylic acids is 2. The molecule has 4 nitrogen and oxygen atoms in total. The highest BCUT2D eigenvalue weighted by molar-refractivity contribution is 5.98. The van der Waals surface area contributed by atoms with E-state index in [1.54, 1.807) is 4.90 Å². The molecule has 0 atom stereocenters. The van der Waals surface area contributed by atoms with Crippen molar-refractivity contribution in [2.75, 3.05) is 19.6 Å². The minimum absolute atomic E-state index is 0.0657. The van der Waals surface area contributed by atoms with Crippen LogP contribution in [0.15, 0.2) is 48.5 Å². The van der Waals surface area contributed by atoms with E-state index in [1.165, 1.54) is 12.8 Å². The van der Waals surface area contributed by atoms with Gasteiger partial charge in [-0.15, -0.1) is 0 Å². The maximum absolute atomic E-state index is 12.7. The Kier molecular flexibility index (Phi) is 7.08. The number of nitrogens with one attached hydrogen (secondary N) is 1. The Hall–Kier alpha value is -3.06. The van der Waals surface area contributed by atoms with Crippen LogP contribution in [0.3, 0.4) is 0 Å². The zero-order valence-corrected chi connectivity index (χ0v) is 17.2. The van der Waals surface area contributed by atoms with Crippen LogP contribution in [0.5, 0.6) is 0 Å². The van der Waals surface area contributed by atoms with Crippen LogP contribution >= 0.6 is 0 Å². The molecule has 1 saturated carbocycles. The molecule has 1 heterocycles. The van der Waals surface area contributed by atoms with E-state index in [2.05, 4.69) is 17.2 Å². The highest BCUT2D eigenvalue weighted by Gasteiger charge is 2.27. The molecule has 0 unspecified atom stereocenters. The molecule has 1 N–H and O–H groups in total. The van der Waals surface area contributed by atoms with E-state index >= 15 is 0 Å². The topological polar surface area (TPSA) is 49.4 Å². The fourth-order valence-corrected chi connectivity index (χ4v) is 3.24. The van der Waals surface area contributed by atoms with Gasteiger partial charge in [-0.2, -0.15) is 0 Å². The zero-order valence-electron chi connectivity index (χ0n) is 17.2. The Morgan fingerprint density at radius 1 is 1.07 bits per heavy atom. The molecular formula is C25H28N2O2. The summed E-state index contributed by atoms with van der Waals surface area (Å²) in [5.74, 6) is 6.81. The largest absolute Gasteiger partial charge is 0.354 e. The van der Waals surface area contributed by atoms with Gasteiger partial charge < -0.3 is 10.2 Å². The van der Waals surface area contributed by atoms with Crippen molar-refractivity contribution in [3.8, 4) is 11.8 Å². The van der Waals surface area contributed by atoms with Crippen LogP contribution in [0.1, 0.15) is 53.7 Å². The number of carbonyl (C=O) groups is 2. The first-order chi connectivity index (χ1) is 14.2. The lowest BCUT2D eigenvalue weighted by Gasteiger charge is -2.28. The van der Waals surface area contributed by atoms with Crippen LogP contribution in [0.4, 0.5) is 0 Å². The SMILES string of the molecule is CC.O=C(CN1CCc2cc(C#Cc3ccccc3)ccc2C1=O)NCC1CC1. The molecule has 0 aromatic heterocycles. The van der Waals surface area contributed by atoms with E-state index < -0.39 is 0 Å². The smallest absolute Gasteiger partial charge is 0.254 e. The van der Waals surface area contributed by atoms with Gasteiger partial charge in [0.1, 0.15) is 0 Å². The van der Waals surface area contributed by atoms with E-state index in [9.17, 15) is 9.59 Å². The maximum Gasteiger partial charge on any atom is 0.254 e. The second-order valence-corrected chi connectivity index (χ2v) is 7.21. The van der Waals surface area contributed by atoms with Gasteiger partial charge in [-0.1, -0.05) is 43.9 Å². The first kappa shape index (κ1) is 20.7. The summed E-state index contributed by atoms with van der Waals surface area (Å²) in [5.41, 5.74) is 3.56. The highest BCUT2D eigenvalue weighted by atomic mass is 16.2. The van der Waals surface area contributed by atoms with Gasteiger partial charge in [-0.3, -0.25) is 9.59 Å². The zero-order chi connectivity index (χ0) is 20.6. The number of benzene rings is 2. The molecular weight excluding hydrogens is 360 g/mol. The molecule has 2 aliphatic rings. The first-order valence-electron chi connectivity index (χ1n) is 10.4. The summed E-state index contributed by atoms with van der Waals surface area (Å²) in [6, 6.07) is 15.5. The molecule has 0 bridgehead atoms. The standard InChI is InChI=1S/C23H22N2O2.C2H6/c26-22(24-15-19-8-9-19)16-25-13-12-20-14-18(10-11-21(20)23(25)27)7-6-17-4-2-1-3-5-17;1-2/h1-5,10-11,14,19H,8-9,12-13,15-16H2,(H,24,26);1-2H3. The Morgan fingerprint density at radius 2 is 1.79 bits per heavy atom. The molecule has 0 saturated heterocycles. The lowest BCUT2D eigenvalue weighted by molar-refractivity contribution is -0.121. The summed E-state index contributed by atoms with van der Waals surface area (Å²) in [5, 5.41) is 2.93. The molecule has 2 aromatic rings. The van der Waals surface area contributed by atoms with Gasteiger partial charge >= 0.3 is 0 Å². The average molecular weight is 389 g/mol. The Labute approximate surface area is 173 Å². The fourth-order valence-electron chi connectivity index (χ4n) is 3.24. The maximum atomic E-state index is 12.7. The van der Waals surface area contributed by atoms with Gasteiger partial charge in [0.2, 0.25) is 5.91 Å². The molecule has 150 valence electrons. The summed E-state index contributed by atoms with van der Waals surface area (Å²) in [6.07, 6.45) is 3.15. The molecule has 4 heteroatoms. The molecule has 4 rings (SSSR count). The van der Waals surface area contributed by atoms with Crippen molar-refractivity contribution in [2.24, 2.45) is 5.92 Å². The van der Waals surface area contributed by atoms with Gasteiger partial charge in [-0.25, -0.2) is 0 Å². The monoisotopic (exact) mass is 388 g/mol. The molecule has 0 spiro atoms. The molecule has 1 aliphatic heterocycles. The number of hydrogen-bond acceptors (Lipinski definition) is 2. The van der Waals surface area contributed by atoms with Crippen molar-refractivity contribution < 1.29 is 9.59 Å². The number of fused-ring (bicyclic) bond motifs is 1. The third kappa shape index (κ3) is 5.71. The van der Waals surface area contributed by atoms with E-state index in [-0.39, 0.29) is 18.4 Å². The van der Waals surface area contributed by atoms with E-state index in [1.807, 2.05) is 62.4 Å². The fraction of sp³-hybridized carbons (Fsp3) is 0.360. The number of hydrogen-bond donors (Lipinski definition) is 1. The Morgan fingerprint density at radius 3 is 2.52 bits per heavy atom. The van der Waals surface area contributed by atoms with E-state index in [0.29, 0.717) is 18.0 Å². The van der Waals surface area contributed by atoms with Crippen molar-refractivity contribution in [3.63, 3.8) is 0 Å². The predicted molar refractivity (Wildman–Crippen MR) is 116 cm³/mol. The molecule has 1 fully saturated rings. The summed E-state index contributed by atoms with van der Waals surface area (Å²) in [6.45, 7) is 5.44. The Bertz CT molecular complexity index is 921. The number of rotatable bonds is 4. The lowest BCUT2D eigenvalue weighted by atomic mass is 9.96. The van der Waals surface area contributed by atoms with Crippen LogP contribution in [-0.2, 0) is 11.2 Å². The van der Waals surface area contributed by atoms with Crippen molar-refractivity contribution in [3.05, 3.63) is 70.8 Å². The van der Waals surface area contributed by atoms with Crippen LogP contribution in [0.2, 0.25) is 0 Å². The van der Waals surface area contributed by atoms with Crippen molar-refractivity contribution in [2.45, 2.75) is 33.1 Å². The lowest BCUT2D eigenvalue weighted by Crippen LogP contribution is -2.44. The summed E-state index contributed by atoms with van der Waals surface area (Å²) in [4.78, 5) is 26.4. The van der Waals surface area contributed by atoms with Crippen LogP contribution in [0.25, 0.3) is 0 Å². The first-order valence-corrected chi connectivity index (χ1v) is 10.4. The minimum atomic E-state index is -0.0691. The third-order valence-corrected chi connectivity index (χ3v) is 5.02. The Balaban J connectivity index is 0.00000117. The third-order valence-electron chi connectivity index (χ3n) is 5.02. The molecule has 0 radical (unpaired) electrons. The highest BCUT2D eigenvalue weighted by Crippen LogP contribution is 2.27. The van der Waals surface area contributed by atoms with E-state index in [0.717, 1.165) is 29.7 Å². The predicted octanol–water partition coefficient (Wildman–Crippen LogP) is 3.64. The van der Waals surface area contributed by atoms with Crippen molar-refractivity contribution in [1.29, 1.82) is 0 Å². The minimum Gasteiger partial charge on any atom is -0.354 e. The van der Waals surface area contributed by atoms with Gasteiger partial charge in [0.15, 0.2) is 0 Å². The second kappa shape index (κ2) is 9.93. The second-order valence-electron chi connectivity index (χ2n) is 7.21. The molecule has 2 aromatic carbocycles. The summed E-state index contributed by atoms with van der Waals surface area (Å²) in [7, 11) is 0. The average Bonchev–Trinajstić information content (AvgIpc) is 3.60. The van der Waals surface area contributed by atoms with Crippen LogP contribution in [0, 0.1) is 17.8 Å². The van der Waals surface area contributed by atoms with Gasteiger partial charge in [0.25, 0.3) is 5.91 Å². The molecule has 1 aliphatic carbocycles. The quantitative estimate of drug-likeness (QED) is 0.813. The number of amides is 2. The molecule has 2 amide bonds. The summed E-state index contributed by atoms with van der Waals surface area (Å²) >= 11 is 0. The van der Waals surface area contributed by atoms with Crippen LogP contribution in [-0.4, -0.2) is 36.3 Å². The van der Waals surface area contributed by atoms with Crippen LogP contribution < -0.4 is 5.32 Å². The number of nitrogens with zero attached hydrogens (tertiary/aromatic N) is 1. The van der Waals surface area contributed by atoms with Crippen molar-refractivity contribution in [1.82, 2.24) is 10.2 Å². The van der Waals surface area contributed by atoms with Crippen molar-refractivity contribution >= 4 is 11.8 Å². The molecule has 29 heavy (non-hydrogen) atoms. The van der Waals surface area contributed by atoms with Gasteiger partial charge in [0, 0.05) is 29.8 Å². The normalized spacial score (nSPS) is 14.7. The summed E-state index contributed by atoms with van der Waals surface area (Å²) < 4.78 is 0. The van der Waals surface area contributed by atoms with Gasteiger partial charge in [0.05, 0.1) is 6.54 Å². The van der Waals surface area contributed by atoms with E-state index in [4.69, 9.17) is 0 Å².